The molecule has 0 aliphatic heterocycles. The Kier molecular flexibility index (Phi) is 5.03. The maximum atomic E-state index is 5.56. The van der Waals surface area contributed by atoms with Gasteiger partial charge < -0.3 is 10.1 Å². The van der Waals surface area contributed by atoms with Crippen molar-refractivity contribution in [3.63, 3.8) is 0 Å². The quantitative estimate of drug-likeness (QED) is 0.891. The summed E-state index contributed by atoms with van der Waals surface area (Å²) in [6.07, 6.45) is 0.962. The van der Waals surface area contributed by atoms with Gasteiger partial charge in [-0.25, -0.2) is 0 Å². The predicted octanol–water partition coefficient (Wildman–Crippen LogP) is 4.12. The lowest BCUT2D eigenvalue weighted by Gasteiger charge is -2.21. The number of rotatable bonds is 5. The highest BCUT2D eigenvalue weighted by Gasteiger charge is 2.16. The van der Waals surface area contributed by atoms with Crippen molar-refractivity contribution in [2.75, 3.05) is 14.2 Å². The molecule has 2 nitrogen and oxygen atoms in total. The van der Waals surface area contributed by atoms with Gasteiger partial charge in [0.2, 0.25) is 0 Å². The Morgan fingerprint density at radius 1 is 1.00 bits per heavy atom. The molecule has 0 radical (unpaired) electrons. The van der Waals surface area contributed by atoms with E-state index in [1.807, 2.05) is 7.05 Å². The van der Waals surface area contributed by atoms with Crippen molar-refractivity contribution >= 4 is 0 Å². The summed E-state index contributed by atoms with van der Waals surface area (Å²) < 4.78 is 5.56. The molecule has 0 fully saturated rings. The molecule has 1 atom stereocenters. The van der Waals surface area contributed by atoms with Gasteiger partial charge in [-0.3, -0.25) is 0 Å². The molecule has 0 amide bonds. The smallest absolute Gasteiger partial charge is 0.123 e. The van der Waals surface area contributed by atoms with E-state index in [4.69, 9.17) is 4.74 Å². The topological polar surface area (TPSA) is 21.3 Å². The Balaban J connectivity index is 2.34. The van der Waals surface area contributed by atoms with E-state index in [0.717, 1.165) is 12.2 Å². The van der Waals surface area contributed by atoms with Gasteiger partial charge in [0.1, 0.15) is 5.75 Å². The highest BCUT2D eigenvalue weighted by molar-refractivity contribution is 5.41. The molecule has 0 heterocycles. The van der Waals surface area contributed by atoms with Crippen LogP contribution in [0.5, 0.6) is 5.75 Å². The molecule has 112 valence electrons. The molecule has 1 unspecified atom stereocenters. The number of nitrogens with one attached hydrogen (secondary N) is 1. The van der Waals surface area contributed by atoms with Crippen LogP contribution in [-0.2, 0) is 6.42 Å². The van der Waals surface area contributed by atoms with Gasteiger partial charge in [0.05, 0.1) is 7.11 Å². The standard InChI is InChI=1S/C19H25NO/c1-13-6-8-15(3)16(10-13)12-18(20-4)17-9-7-14(2)11-19(17)21-5/h6-11,18,20H,12H2,1-5H3. The Morgan fingerprint density at radius 3 is 2.33 bits per heavy atom. The Hall–Kier alpha value is -1.80. The van der Waals surface area contributed by atoms with Crippen molar-refractivity contribution in [1.82, 2.24) is 5.32 Å². The predicted molar refractivity (Wildman–Crippen MR) is 89.2 cm³/mol. The first-order valence-corrected chi connectivity index (χ1v) is 7.43. The molecule has 1 N–H and O–H groups in total. The summed E-state index contributed by atoms with van der Waals surface area (Å²) >= 11 is 0. The van der Waals surface area contributed by atoms with E-state index in [1.54, 1.807) is 7.11 Å². The Labute approximate surface area is 128 Å². The fourth-order valence-corrected chi connectivity index (χ4v) is 2.71. The van der Waals surface area contributed by atoms with Crippen LogP contribution in [-0.4, -0.2) is 14.2 Å². The minimum Gasteiger partial charge on any atom is -0.496 e. The van der Waals surface area contributed by atoms with E-state index < -0.39 is 0 Å². The van der Waals surface area contributed by atoms with E-state index in [2.05, 4.69) is 62.5 Å². The number of ether oxygens (including phenoxy) is 1. The summed E-state index contributed by atoms with van der Waals surface area (Å²) in [5, 5.41) is 3.43. The molecule has 0 bridgehead atoms. The van der Waals surface area contributed by atoms with Gasteiger partial charge in [0.25, 0.3) is 0 Å². The van der Waals surface area contributed by atoms with Gasteiger partial charge in [-0.05, 0) is 57.0 Å². The molecule has 2 heteroatoms. The van der Waals surface area contributed by atoms with Crippen molar-refractivity contribution in [1.29, 1.82) is 0 Å². The van der Waals surface area contributed by atoms with Gasteiger partial charge >= 0.3 is 0 Å². The highest BCUT2D eigenvalue weighted by Crippen LogP contribution is 2.29. The van der Waals surface area contributed by atoms with Crippen LogP contribution >= 0.6 is 0 Å². The summed E-state index contributed by atoms with van der Waals surface area (Å²) in [7, 11) is 3.75. The molecule has 2 aromatic carbocycles. The Bertz CT molecular complexity index is 619. The van der Waals surface area contributed by atoms with Crippen molar-refractivity contribution in [2.24, 2.45) is 0 Å². The largest absolute Gasteiger partial charge is 0.496 e. The molecule has 0 saturated carbocycles. The summed E-state index contributed by atoms with van der Waals surface area (Å²) in [5.41, 5.74) is 6.47. The molecule has 2 aromatic rings. The fraction of sp³-hybridized carbons (Fsp3) is 0.368. The number of benzene rings is 2. The second-order valence-electron chi connectivity index (χ2n) is 5.72. The minimum absolute atomic E-state index is 0.251. The van der Waals surface area contributed by atoms with E-state index in [0.29, 0.717) is 0 Å². The van der Waals surface area contributed by atoms with Gasteiger partial charge in [-0.1, -0.05) is 35.9 Å². The van der Waals surface area contributed by atoms with E-state index in [9.17, 15) is 0 Å². The number of methoxy groups -OCH3 is 1. The molecule has 2 rings (SSSR count). The number of hydrogen-bond donors (Lipinski definition) is 1. The van der Waals surface area contributed by atoms with Crippen molar-refractivity contribution in [3.05, 3.63) is 64.2 Å². The van der Waals surface area contributed by atoms with E-state index in [-0.39, 0.29) is 6.04 Å². The summed E-state index contributed by atoms with van der Waals surface area (Å²) in [5.74, 6) is 0.958. The van der Waals surface area contributed by atoms with E-state index >= 15 is 0 Å². The molecule has 0 spiro atoms. The SMILES string of the molecule is CNC(Cc1cc(C)ccc1C)c1ccc(C)cc1OC. The summed E-state index contributed by atoms with van der Waals surface area (Å²) in [4.78, 5) is 0. The van der Waals surface area contributed by atoms with Crippen LogP contribution in [0.1, 0.15) is 33.9 Å². The lowest BCUT2D eigenvalue weighted by Crippen LogP contribution is -2.20. The molecule has 0 saturated heterocycles. The van der Waals surface area contributed by atoms with Gasteiger partial charge in [0, 0.05) is 11.6 Å². The van der Waals surface area contributed by atoms with Crippen molar-refractivity contribution < 1.29 is 4.74 Å². The maximum Gasteiger partial charge on any atom is 0.123 e. The normalized spacial score (nSPS) is 12.2. The van der Waals surface area contributed by atoms with Gasteiger partial charge in [-0.15, -0.1) is 0 Å². The maximum absolute atomic E-state index is 5.56. The molecular weight excluding hydrogens is 258 g/mol. The number of aryl methyl sites for hydroxylation is 3. The first-order chi connectivity index (χ1) is 10.0. The van der Waals surface area contributed by atoms with E-state index in [1.165, 1.54) is 27.8 Å². The minimum atomic E-state index is 0.251. The monoisotopic (exact) mass is 283 g/mol. The molecule has 0 aliphatic rings. The summed E-state index contributed by atoms with van der Waals surface area (Å²) in [6.45, 7) is 6.41. The van der Waals surface area contributed by atoms with Crippen LogP contribution in [0.2, 0.25) is 0 Å². The number of hydrogen-bond acceptors (Lipinski definition) is 2. The molecular formula is C19H25NO. The van der Waals surface area contributed by atoms with Crippen LogP contribution in [0.15, 0.2) is 36.4 Å². The lowest BCUT2D eigenvalue weighted by molar-refractivity contribution is 0.401. The zero-order chi connectivity index (χ0) is 15.4. The second-order valence-corrected chi connectivity index (χ2v) is 5.72. The third-order valence-corrected chi connectivity index (χ3v) is 4.04. The number of likely N-dealkylation sites (N-methyl/N-ethyl adjacent to an activating group) is 1. The van der Waals surface area contributed by atoms with Crippen LogP contribution < -0.4 is 10.1 Å². The zero-order valence-corrected chi connectivity index (χ0v) is 13.7. The lowest BCUT2D eigenvalue weighted by atomic mass is 9.94. The Morgan fingerprint density at radius 2 is 1.67 bits per heavy atom. The average Bonchev–Trinajstić information content (AvgIpc) is 2.48. The van der Waals surface area contributed by atoms with Crippen molar-refractivity contribution in [2.45, 2.75) is 33.2 Å². The highest BCUT2D eigenvalue weighted by atomic mass is 16.5. The third-order valence-electron chi connectivity index (χ3n) is 4.04. The van der Waals surface area contributed by atoms with Crippen LogP contribution in [0.25, 0.3) is 0 Å². The first-order valence-electron chi connectivity index (χ1n) is 7.43. The van der Waals surface area contributed by atoms with Crippen LogP contribution in [0, 0.1) is 20.8 Å². The van der Waals surface area contributed by atoms with Crippen LogP contribution in [0.3, 0.4) is 0 Å². The van der Waals surface area contributed by atoms with Gasteiger partial charge in [-0.2, -0.15) is 0 Å². The van der Waals surface area contributed by atoms with Crippen LogP contribution in [0.4, 0.5) is 0 Å². The zero-order valence-electron chi connectivity index (χ0n) is 13.7. The second kappa shape index (κ2) is 6.77. The fourth-order valence-electron chi connectivity index (χ4n) is 2.71. The molecule has 0 aliphatic carbocycles. The van der Waals surface area contributed by atoms with Crippen molar-refractivity contribution in [3.8, 4) is 5.75 Å². The first kappa shape index (κ1) is 15.6. The van der Waals surface area contributed by atoms with Gasteiger partial charge in [0.15, 0.2) is 0 Å². The third kappa shape index (κ3) is 3.64. The molecule has 0 aromatic heterocycles. The summed E-state index contributed by atoms with van der Waals surface area (Å²) in [6, 6.07) is 13.3. The molecule has 21 heavy (non-hydrogen) atoms. The average molecular weight is 283 g/mol.